The number of rotatable bonds is 2. The van der Waals surface area contributed by atoms with Crippen LogP contribution in [0.4, 0.5) is 0 Å². The maximum atomic E-state index is 2.89. The number of benzene rings is 4. The summed E-state index contributed by atoms with van der Waals surface area (Å²) in [6.07, 6.45) is 0. The zero-order valence-electron chi connectivity index (χ0n) is 13.5. The lowest BCUT2D eigenvalue weighted by molar-refractivity contribution is 1.59. The van der Waals surface area contributed by atoms with Gasteiger partial charge in [0.05, 0.1) is 0 Å². The van der Waals surface area contributed by atoms with Crippen molar-refractivity contribution in [2.75, 3.05) is 0 Å². The molecule has 0 saturated heterocycles. The molecule has 1 radical (unpaired) electrons. The second-order valence-corrected chi connectivity index (χ2v) is 5.39. The molecule has 0 amide bonds. The van der Waals surface area contributed by atoms with Crippen molar-refractivity contribution in [3.63, 3.8) is 0 Å². The molecule has 0 N–H and O–H groups in total. The van der Waals surface area contributed by atoms with Crippen LogP contribution >= 0.6 is 0 Å². The molecule has 0 saturated carbocycles. The lowest BCUT2D eigenvalue weighted by atomic mass is 10.0. The number of hydrogen-bond acceptors (Lipinski definition) is 0. The van der Waals surface area contributed by atoms with E-state index < -0.39 is 0 Å². The minimum absolute atomic E-state index is 1.26. The molecule has 0 fully saturated rings. The molecule has 115 valence electrons. The van der Waals surface area contributed by atoms with Crippen molar-refractivity contribution in [3.05, 3.63) is 121 Å². The Morgan fingerprint density at radius 1 is 0.333 bits per heavy atom. The highest BCUT2D eigenvalue weighted by atomic mass is 14.0. The molecule has 4 aromatic rings. The van der Waals surface area contributed by atoms with E-state index >= 15 is 0 Å². The molecular formula is C24H19. The average Bonchev–Trinajstić information content (AvgIpc) is 2.71. The molecule has 0 nitrogen and oxygen atoms in total. The standard InChI is InChI=1S/C18H14.C6H5/c1-3-7-15(8-4-1)17-11-13-18(14-12-17)16-9-5-2-6-10-16;1-2-4-6-5-3-1/h1-14H;1-5H. The van der Waals surface area contributed by atoms with Crippen molar-refractivity contribution < 1.29 is 0 Å². The van der Waals surface area contributed by atoms with Gasteiger partial charge in [0.25, 0.3) is 0 Å². The molecule has 0 heterocycles. The lowest BCUT2D eigenvalue weighted by Crippen LogP contribution is -1.79. The summed E-state index contributed by atoms with van der Waals surface area (Å²) in [5.41, 5.74) is 5.04. The quantitative estimate of drug-likeness (QED) is 0.396. The van der Waals surface area contributed by atoms with Crippen LogP contribution in [0.1, 0.15) is 0 Å². The normalized spacial score (nSPS) is 9.67. The molecule has 0 aliphatic heterocycles. The summed E-state index contributed by atoms with van der Waals surface area (Å²) in [6.45, 7) is 0. The van der Waals surface area contributed by atoms with Gasteiger partial charge in [0.1, 0.15) is 0 Å². The summed E-state index contributed by atoms with van der Waals surface area (Å²) >= 11 is 0. The van der Waals surface area contributed by atoms with E-state index in [9.17, 15) is 0 Å². The van der Waals surface area contributed by atoms with Gasteiger partial charge in [-0.2, -0.15) is 0 Å². The van der Waals surface area contributed by atoms with Gasteiger partial charge in [-0.05, 0) is 28.3 Å². The molecule has 0 bridgehead atoms. The molecule has 4 aromatic carbocycles. The van der Waals surface area contributed by atoms with Gasteiger partial charge in [-0.3, -0.25) is 0 Å². The van der Waals surface area contributed by atoms with E-state index in [4.69, 9.17) is 0 Å². The third kappa shape index (κ3) is 4.44. The Bertz CT molecular complexity index is 732. The second kappa shape index (κ2) is 8.50. The average molecular weight is 307 g/mol. The first kappa shape index (κ1) is 15.8. The minimum Gasteiger partial charge on any atom is -0.0622 e. The van der Waals surface area contributed by atoms with Crippen LogP contribution in [0.5, 0.6) is 0 Å². The van der Waals surface area contributed by atoms with Crippen molar-refractivity contribution in [2.24, 2.45) is 0 Å². The van der Waals surface area contributed by atoms with Gasteiger partial charge in [-0.1, -0.05) is 115 Å². The molecule has 0 aliphatic carbocycles. The van der Waals surface area contributed by atoms with Crippen LogP contribution in [0.2, 0.25) is 0 Å². The monoisotopic (exact) mass is 307 g/mol. The first-order chi connectivity index (χ1) is 11.9. The van der Waals surface area contributed by atoms with E-state index in [1.165, 1.54) is 22.3 Å². The van der Waals surface area contributed by atoms with Crippen LogP contribution in [-0.4, -0.2) is 0 Å². The predicted octanol–water partition coefficient (Wildman–Crippen LogP) is 6.51. The largest absolute Gasteiger partial charge is 0.0622 e. The second-order valence-electron chi connectivity index (χ2n) is 5.39. The molecule has 0 spiro atoms. The van der Waals surface area contributed by atoms with Crippen LogP contribution in [0.25, 0.3) is 22.3 Å². The molecule has 0 heteroatoms. The fourth-order valence-electron chi connectivity index (χ4n) is 2.46. The highest BCUT2D eigenvalue weighted by molar-refractivity contribution is 5.70. The molecule has 0 aromatic heterocycles. The molecule has 0 unspecified atom stereocenters. The van der Waals surface area contributed by atoms with E-state index in [1.807, 2.05) is 42.5 Å². The molecular weight excluding hydrogens is 288 g/mol. The number of hydrogen-bond donors (Lipinski definition) is 0. The summed E-state index contributed by atoms with van der Waals surface area (Å²) in [5.74, 6) is 0. The van der Waals surface area contributed by atoms with Crippen LogP contribution in [0, 0.1) is 6.07 Å². The Labute approximate surface area is 144 Å². The van der Waals surface area contributed by atoms with Gasteiger partial charge < -0.3 is 0 Å². The third-order valence-electron chi connectivity index (χ3n) is 3.71. The van der Waals surface area contributed by atoms with E-state index in [0.29, 0.717) is 0 Å². The summed E-state index contributed by atoms with van der Waals surface area (Å²) in [5, 5.41) is 0. The summed E-state index contributed by atoms with van der Waals surface area (Å²) in [7, 11) is 0. The first-order valence-electron chi connectivity index (χ1n) is 8.05. The van der Waals surface area contributed by atoms with E-state index in [2.05, 4.69) is 78.9 Å². The maximum absolute atomic E-state index is 2.89. The highest BCUT2D eigenvalue weighted by Crippen LogP contribution is 2.24. The smallest absolute Gasteiger partial charge is 0.0184 e. The van der Waals surface area contributed by atoms with Crippen LogP contribution in [-0.2, 0) is 0 Å². The Morgan fingerprint density at radius 3 is 0.958 bits per heavy atom. The SMILES string of the molecule is [c]1ccccc1.c1ccc(-c2ccc(-c3ccccc3)cc2)cc1. The maximum Gasteiger partial charge on any atom is -0.0184 e. The van der Waals surface area contributed by atoms with Crippen molar-refractivity contribution in [1.29, 1.82) is 0 Å². The molecule has 4 rings (SSSR count). The van der Waals surface area contributed by atoms with Crippen molar-refractivity contribution in [1.82, 2.24) is 0 Å². The van der Waals surface area contributed by atoms with E-state index in [-0.39, 0.29) is 0 Å². The van der Waals surface area contributed by atoms with Crippen molar-refractivity contribution >= 4 is 0 Å². The zero-order valence-corrected chi connectivity index (χ0v) is 13.5. The van der Waals surface area contributed by atoms with E-state index in [0.717, 1.165) is 0 Å². The molecule has 24 heavy (non-hydrogen) atoms. The van der Waals surface area contributed by atoms with E-state index in [1.54, 1.807) is 0 Å². The Morgan fingerprint density at radius 2 is 0.667 bits per heavy atom. The Hall–Kier alpha value is -3.12. The van der Waals surface area contributed by atoms with Gasteiger partial charge in [-0.15, -0.1) is 0 Å². The highest BCUT2D eigenvalue weighted by Gasteiger charge is 1.98. The fraction of sp³-hybridized carbons (Fsp3) is 0. The first-order valence-corrected chi connectivity index (χ1v) is 8.05. The zero-order chi connectivity index (χ0) is 16.5. The lowest BCUT2D eigenvalue weighted by Gasteiger charge is -2.04. The molecule has 0 atom stereocenters. The topological polar surface area (TPSA) is 0 Å². The summed E-state index contributed by atoms with van der Waals surface area (Å²) in [4.78, 5) is 0. The van der Waals surface area contributed by atoms with Gasteiger partial charge in [-0.25, -0.2) is 0 Å². The Balaban J connectivity index is 0.000000238. The molecule has 0 aliphatic rings. The van der Waals surface area contributed by atoms with Crippen molar-refractivity contribution in [3.8, 4) is 22.3 Å². The van der Waals surface area contributed by atoms with Gasteiger partial charge in [0.2, 0.25) is 0 Å². The summed E-state index contributed by atoms with van der Waals surface area (Å²) < 4.78 is 0. The minimum atomic E-state index is 1.26. The van der Waals surface area contributed by atoms with Crippen molar-refractivity contribution in [2.45, 2.75) is 0 Å². The van der Waals surface area contributed by atoms with Gasteiger partial charge in [0, 0.05) is 0 Å². The fourth-order valence-corrected chi connectivity index (χ4v) is 2.46. The Kier molecular flexibility index (Phi) is 5.58. The van der Waals surface area contributed by atoms with Gasteiger partial charge in [0.15, 0.2) is 0 Å². The summed E-state index contributed by atoms with van der Waals surface area (Å²) in [6, 6.07) is 42.1. The predicted molar refractivity (Wildman–Crippen MR) is 103 cm³/mol. The van der Waals surface area contributed by atoms with Crippen LogP contribution in [0.15, 0.2) is 115 Å². The van der Waals surface area contributed by atoms with Crippen LogP contribution in [0.3, 0.4) is 0 Å². The van der Waals surface area contributed by atoms with Crippen LogP contribution < -0.4 is 0 Å². The third-order valence-corrected chi connectivity index (χ3v) is 3.71. The van der Waals surface area contributed by atoms with Gasteiger partial charge >= 0.3 is 0 Å².